The number of ether oxygens (including phenoxy) is 1. The van der Waals surface area contributed by atoms with Gasteiger partial charge < -0.3 is 15.4 Å². The number of nitrogens with one attached hydrogen (secondary N) is 2. The Bertz CT molecular complexity index is 1340. The van der Waals surface area contributed by atoms with E-state index in [-0.39, 0.29) is 17.6 Å². The van der Waals surface area contributed by atoms with Crippen LogP contribution in [0.25, 0.3) is 15.9 Å². The minimum Gasteiger partial charge on any atom is -0.479 e. The number of hydrogen-bond donors (Lipinski definition) is 2. The van der Waals surface area contributed by atoms with Gasteiger partial charge in [0, 0.05) is 11.1 Å². The van der Waals surface area contributed by atoms with Crippen LogP contribution >= 0.6 is 11.3 Å². The van der Waals surface area contributed by atoms with Gasteiger partial charge in [-0.1, -0.05) is 0 Å². The number of thiophene rings is 1. The zero-order chi connectivity index (χ0) is 21.7. The molecule has 1 unspecified atom stereocenters. The molecule has 7 nitrogen and oxygen atoms in total. The standard InChI is InChI=1S/C22H17FN4O3S/c1-11-16-10-19(31-22(16)27(26-11)15-6-3-13(23)4-7-15)21(29)24-14-5-8-18-17(9-14)25-20(28)12(2)30-18/h3-10,12H,1-2H3,(H,24,29)(H,25,28). The van der Waals surface area contributed by atoms with Crippen molar-refractivity contribution in [3.63, 3.8) is 0 Å². The van der Waals surface area contributed by atoms with Crippen LogP contribution in [0.2, 0.25) is 0 Å². The topological polar surface area (TPSA) is 85.3 Å². The van der Waals surface area contributed by atoms with E-state index in [0.717, 1.165) is 15.9 Å². The average molecular weight is 436 g/mol. The number of carbonyl (C=O) groups excluding carboxylic acids is 2. The summed E-state index contributed by atoms with van der Waals surface area (Å²) < 4.78 is 20.5. The molecule has 0 saturated heterocycles. The van der Waals surface area contributed by atoms with E-state index < -0.39 is 6.10 Å². The summed E-state index contributed by atoms with van der Waals surface area (Å²) in [6, 6.07) is 12.9. The molecule has 2 amide bonds. The fourth-order valence-corrected chi connectivity index (χ4v) is 4.47. The molecule has 0 spiro atoms. The maximum absolute atomic E-state index is 13.3. The minimum atomic E-state index is -0.560. The monoisotopic (exact) mass is 436 g/mol. The number of anilines is 2. The number of hydrogen-bond acceptors (Lipinski definition) is 5. The lowest BCUT2D eigenvalue weighted by Gasteiger charge is -2.23. The highest BCUT2D eigenvalue weighted by molar-refractivity contribution is 7.20. The molecule has 9 heteroatoms. The normalized spacial score (nSPS) is 15.3. The van der Waals surface area contributed by atoms with Crippen LogP contribution in [-0.2, 0) is 4.79 Å². The van der Waals surface area contributed by atoms with Gasteiger partial charge in [0.25, 0.3) is 11.8 Å². The van der Waals surface area contributed by atoms with E-state index >= 15 is 0 Å². The Kier molecular flexibility index (Phi) is 4.48. The maximum atomic E-state index is 13.3. The average Bonchev–Trinajstić information content (AvgIpc) is 3.31. The largest absolute Gasteiger partial charge is 0.479 e. The van der Waals surface area contributed by atoms with E-state index in [0.29, 0.717) is 27.7 Å². The summed E-state index contributed by atoms with van der Waals surface area (Å²) in [6.07, 6.45) is -0.560. The molecule has 0 fully saturated rings. The van der Waals surface area contributed by atoms with E-state index in [1.54, 1.807) is 48.0 Å². The van der Waals surface area contributed by atoms with Gasteiger partial charge in [0.2, 0.25) is 0 Å². The van der Waals surface area contributed by atoms with Crippen LogP contribution in [0.3, 0.4) is 0 Å². The van der Waals surface area contributed by atoms with Gasteiger partial charge in [0.15, 0.2) is 6.10 Å². The summed E-state index contributed by atoms with van der Waals surface area (Å²) in [5.41, 5.74) is 2.54. The fraction of sp³-hybridized carbons (Fsp3) is 0.136. The quantitative estimate of drug-likeness (QED) is 0.495. The lowest BCUT2D eigenvalue weighted by molar-refractivity contribution is -0.122. The van der Waals surface area contributed by atoms with E-state index in [9.17, 15) is 14.0 Å². The predicted molar refractivity (Wildman–Crippen MR) is 117 cm³/mol. The highest BCUT2D eigenvalue weighted by Gasteiger charge is 2.24. The van der Waals surface area contributed by atoms with Crippen molar-refractivity contribution in [3.05, 3.63) is 64.9 Å². The van der Waals surface area contributed by atoms with E-state index in [1.807, 2.05) is 6.92 Å². The first kappa shape index (κ1) is 19.3. The smallest absolute Gasteiger partial charge is 0.265 e. The summed E-state index contributed by atoms with van der Waals surface area (Å²) in [7, 11) is 0. The van der Waals surface area contributed by atoms with E-state index in [1.165, 1.54) is 23.5 Å². The molecule has 31 heavy (non-hydrogen) atoms. The zero-order valence-corrected chi connectivity index (χ0v) is 17.4. The first-order valence-electron chi connectivity index (χ1n) is 9.57. The summed E-state index contributed by atoms with van der Waals surface area (Å²) >= 11 is 1.30. The summed E-state index contributed by atoms with van der Waals surface area (Å²) in [5.74, 6) is -0.276. The molecular formula is C22H17FN4O3S. The van der Waals surface area contributed by atoms with Gasteiger partial charge in [-0.2, -0.15) is 5.10 Å². The number of fused-ring (bicyclic) bond motifs is 2. The molecule has 5 rings (SSSR count). The zero-order valence-electron chi connectivity index (χ0n) is 16.6. The van der Waals surface area contributed by atoms with Crippen LogP contribution in [0.5, 0.6) is 5.75 Å². The fourth-order valence-electron chi connectivity index (χ4n) is 3.40. The Labute approximate surface area is 180 Å². The van der Waals surface area contributed by atoms with Crippen molar-refractivity contribution in [3.8, 4) is 11.4 Å². The maximum Gasteiger partial charge on any atom is 0.265 e. The van der Waals surface area contributed by atoms with Gasteiger partial charge in [-0.25, -0.2) is 9.07 Å². The Balaban J connectivity index is 1.43. The summed E-state index contributed by atoms with van der Waals surface area (Å²) in [4.78, 5) is 26.0. The molecule has 0 bridgehead atoms. The Morgan fingerprint density at radius 2 is 2.00 bits per heavy atom. The van der Waals surface area contributed by atoms with Crippen molar-refractivity contribution in [2.75, 3.05) is 10.6 Å². The number of rotatable bonds is 3. The third-order valence-electron chi connectivity index (χ3n) is 5.01. The van der Waals surface area contributed by atoms with Crippen LogP contribution in [0.15, 0.2) is 48.5 Å². The van der Waals surface area contributed by atoms with E-state index in [2.05, 4.69) is 15.7 Å². The predicted octanol–water partition coefficient (Wildman–Crippen LogP) is 4.51. The number of amides is 2. The number of halogens is 1. The van der Waals surface area contributed by atoms with Crippen molar-refractivity contribution < 1.29 is 18.7 Å². The summed E-state index contributed by atoms with van der Waals surface area (Å²) in [6.45, 7) is 3.54. The molecule has 0 saturated carbocycles. The second-order valence-corrected chi connectivity index (χ2v) is 8.25. The van der Waals surface area contributed by atoms with Crippen LogP contribution in [-0.4, -0.2) is 27.7 Å². The van der Waals surface area contributed by atoms with Crippen LogP contribution < -0.4 is 15.4 Å². The number of nitrogens with zero attached hydrogens (tertiary/aromatic N) is 2. The highest BCUT2D eigenvalue weighted by Crippen LogP contribution is 2.34. The van der Waals surface area contributed by atoms with Crippen LogP contribution in [0, 0.1) is 12.7 Å². The highest BCUT2D eigenvalue weighted by atomic mass is 32.1. The molecule has 2 N–H and O–H groups in total. The van der Waals surface area contributed by atoms with Gasteiger partial charge in [-0.15, -0.1) is 11.3 Å². The third kappa shape index (κ3) is 3.42. The molecule has 1 atom stereocenters. The number of carbonyl (C=O) groups is 2. The van der Waals surface area contributed by atoms with E-state index in [4.69, 9.17) is 4.74 Å². The number of aromatic nitrogens is 2. The molecular weight excluding hydrogens is 419 g/mol. The Morgan fingerprint density at radius 3 is 2.77 bits per heavy atom. The second-order valence-electron chi connectivity index (χ2n) is 7.22. The molecule has 1 aliphatic rings. The van der Waals surface area contributed by atoms with Crippen molar-refractivity contribution in [2.24, 2.45) is 0 Å². The van der Waals surface area contributed by atoms with Crippen molar-refractivity contribution in [1.29, 1.82) is 0 Å². The van der Waals surface area contributed by atoms with Gasteiger partial charge in [-0.05, 0) is 62.4 Å². The van der Waals surface area contributed by atoms with Gasteiger partial charge in [-0.3, -0.25) is 9.59 Å². The van der Waals surface area contributed by atoms with Crippen LogP contribution in [0.4, 0.5) is 15.8 Å². The molecule has 2 aromatic heterocycles. The first-order chi connectivity index (χ1) is 14.9. The molecule has 156 valence electrons. The second kappa shape index (κ2) is 7.21. The minimum absolute atomic E-state index is 0.235. The van der Waals surface area contributed by atoms with Crippen molar-refractivity contribution >= 4 is 44.7 Å². The lowest BCUT2D eigenvalue weighted by atomic mass is 10.2. The van der Waals surface area contributed by atoms with Gasteiger partial charge >= 0.3 is 0 Å². The number of aryl methyl sites for hydroxylation is 1. The molecule has 2 aromatic carbocycles. The molecule has 4 aromatic rings. The molecule has 0 aliphatic carbocycles. The van der Waals surface area contributed by atoms with Crippen molar-refractivity contribution in [2.45, 2.75) is 20.0 Å². The molecule has 3 heterocycles. The van der Waals surface area contributed by atoms with Crippen LogP contribution in [0.1, 0.15) is 22.3 Å². The first-order valence-corrected chi connectivity index (χ1v) is 10.4. The Hall–Kier alpha value is -3.72. The third-order valence-corrected chi connectivity index (χ3v) is 6.12. The Morgan fingerprint density at radius 1 is 1.23 bits per heavy atom. The summed E-state index contributed by atoms with van der Waals surface area (Å²) in [5, 5.41) is 11.0. The lowest BCUT2D eigenvalue weighted by Crippen LogP contribution is -2.34. The van der Waals surface area contributed by atoms with Gasteiger partial charge in [0.05, 0.1) is 21.9 Å². The molecule has 1 aliphatic heterocycles. The van der Waals surface area contributed by atoms with Crippen molar-refractivity contribution in [1.82, 2.24) is 9.78 Å². The SMILES string of the molecule is Cc1nn(-c2ccc(F)cc2)c2sc(C(=O)Nc3ccc4c(c3)NC(=O)C(C)O4)cc12. The number of benzene rings is 2. The molecule has 0 radical (unpaired) electrons. The van der Waals surface area contributed by atoms with Gasteiger partial charge in [0.1, 0.15) is 16.4 Å².